The lowest BCUT2D eigenvalue weighted by molar-refractivity contribution is -0.0833. The molecule has 0 spiro atoms. The molecule has 0 amide bonds. The molecule has 0 aliphatic heterocycles. The van der Waals surface area contributed by atoms with Gasteiger partial charge in [0, 0.05) is 6.61 Å². The van der Waals surface area contributed by atoms with E-state index in [1.54, 1.807) is 0 Å². The summed E-state index contributed by atoms with van der Waals surface area (Å²) in [5.74, 6) is 0.164. The summed E-state index contributed by atoms with van der Waals surface area (Å²) < 4.78 is 5.09. The van der Waals surface area contributed by atoms with Crippen molar-refractivity contribution in [2.75, 3.05) is 12.5 Å². The molecule has 0 heterocycles. The van der Waals surface area contributed by atoms with Crippen LogP contribution in [-0.2, 0) is 4.74 Å². The first kappa shape index (κ1) is 17.2. The number of alkyl halides is 1. The molecule has 17 heavy (non-hydrogen) atoms. The standard InChI is InChI=1S/C14H29ClO2/c1-2-3-4-5-6-7-8-9-10-11-12-17-14(16)13-15/h14,16H,2-13H2,1H3. The van der Waals surface area contributed by atoms with E-state index in [9.17, 15) is 0 Å². The molecule has 0 bridgehead atoms. The number of unbranched alkanes of at least 4 members (excludes halogenated alkanes) is 9. The van der Waals surface area contributed by atoms with Gasteiger partial charge in [-0.25, -0.2) is 0 Å². The monoisotopic (exact) mass is 264 g/mol. The second-order valence-electron chi connectivity index (χ2n) is 4.66. The summed E-state index contributed by atoms with van der Waals surface area (Å²) in [7, 11) is 0. The maximum absolute atomic E-state index is 9.05. The van der Waals surface area contributed by atoms with Gasteiger partial charge in [0.05, 0.1) is 5.88 Å². The number of aliphatic hydroxyl groups is 1. The molecule has 0 aromatic heterocycles. The van der Waals surface area contributed by atoms with Crippen LogP contribution >= 0.6 is 11.6 Å². The molecule has 0 fully saturated rings. The van der Waals surface area contributed by atoms with Crippen LogP contribution in [0.1, 0.15) is 71.1 Å². The lowest BCUT2D eigenvalue weighted by Crippen LogP contribution is -2.14. The van der Waals surface area contributed by atoms with E-state index < -0.39 is 6.29 Å². The third-order valence-corrected chi connectivity index (χ3v) is 3.20. The van der Waals surface area contributed by atoms with E-state index in [0.717, 1.165) is 6.42 Å². The van der Waals surface area contributed by atoms with E-state index >= 15 is 0 Å². The summed E-state index contributed by atoms with van der Waals surface area (Å²) in [6.45, 7) is 2.88. The summed E-state index contributed by atoms with van der Waals surface area (Å²) in [4.78, 5) is 0. The average molecular weight is 265 g/mol. The predicted molar refractivity (Wildman–Crippen MR) is 74.5 cm³/mol. The molecule has 0 aliphatic rings. The molecule has 0 aromatic carbocycles. The van der Waals surface area contributed by atoms with Crippen molar-refractivity contribution >= 4 is 11.6 Å². The first-order valence-electron chi connectivity index (χ1n) is 7.17. The topological polar surface area (TPSA) is 29.5 Å². The fourth-order valence-electron chi connectivity index (χ4n) is 1.85. The molecule has 0 saturated heterocycles. The summed E-state index contributed by atoms with van der Waals surface area (Å²) in [5.41, 5.74) is 0. The van der Waals surface area contributed by atoms with Gasteiger partial charge in [-0.15, -0.1) is 11.6 Å². The Morgan fingerprint density at radius 3 is 1.82 bits per heavy atom. The Morgan fingerprint density at radius 2 is 1.35 bits per heavy atom. The van der Waals surface area contributed by atoms with Gasteiger partial charge >= 0.3 is 0 Å². The van der Waals surface area contributed by atoms with E-state index in [1.165, 1.54) is 57.8 Å². The van der Waals surface area contributed by atoms with Gasteiger partial charge in [-0.1, -0.05) is 64.7 Å². The largest absolute Gasteiger partial charge is 0.367 e. The third-order valence-electron chi connectivity index (χ3n) is 2.94. The molecule has 104 valence electrons. The highest BCUT2D eigenvalue weighted by molar-refractivity contribution is 6.18. The fourth-order valence-corrected chi connectivity index (χ4v) is 1.94. The van der Waals surface area contributed by atoms with Gasteiger partial charge in [0.2, 0.25) is 0 Å². The van der Waals surface area contributed by atoms with Gasteiger partial charge in [0.25, 0.3) is 0 Å². The third kappa shape index (κ3) is 14.1. The van der Waals surface area contributed by atoms with Gasteiger partial charge in [-0.05, 0) is 6.42 Å². The summed E-state index contributed by atoms with van der Waals surface area (Å²) in [6.07, 6.45) is 12.4. The summed E-state index contributed by atoms with van der Waals surface area (Å²) >= 11 is 5.41. The Hall–Kier alpha value is 0.210. The first-order chi connectivity index (χ1) is 8.31. The molecule has 0 rings (SSSR count). The second kappa shape index (κ2) is 14.3. The predicted octanol–water partition coefficient (Wildman–Crippen LogP) is 4.48. The summed E-state index contributed by atoms with van der Waals surface area (Å²) in [5, 5.41) is 9.05. The zero-order chi connectivity index (χ0) is 12.8. The number of aliphatic hydroxyl groups excluding tert-OH is 1. The number of ether oxygens (including phenoxy) is 1. The number of rotatable bonds is 13. The Bertz CT molecular complexity index is 142. The Balaban J connectivity index is 2.94. The molecule has 0 aliphatic carbocycles. The van der Waals surface area contributed by atoms with Gasteiger partial charge in [0.1, 0.15) is 0 Å². The molecule has 3 heteroatoms. The van der Waals surface area contributed by atoms with Crippen LogP contribution in [0.4, 0.5) is 0 Å². The smallest absolute Gasteiger partial charge is 0.168 e. The maximum atomic E-state index is 9.05. The van der Waals surface area contributed by atoms with Crippen molar-refractivity contribution < 1.29 is 9.84 Å². The van der Waals surface area contributed by atoms with Crippen LogP contribution in [0.3, 0.4) is 0 Å². The van der Waals surface area contributed by atoms with Gasteiger partial charge < -0.3 is 9.84 Å². The lowest BCUT2D eigenvalue weighted by Gasteiger charge is -2.08. The normalized spacial score (nSPS) is 12.9. The minimum atomic E-state index is -0.782. The van der Waals surface area contributed by atoms with Gasteiger partial charge in [-0.3, -0.25) is 0 Å². The molecular formula is C14H29ClO2. The highest BCUT2D eigenvalue weighted by Crippen LogP contribution is 2.10. The molecular weight excluding hydrogens is 236 g/mol. The van der Waals surface area contributed by atoms with Crippen LogP contribution in [0.2, 0.25) is 0 Å². The molecule has 0 saturated carbocycles. The Labute approximate surface area is 112 Å². The van der Waals surface area contributed by atoms with Crippen LogP contribution in [0.5, 0.6) is 0 Å². The zero-order valence-corrected chi connectivity index (χ0v) is 12.1. The number of halogens is 1. The Kier molecular flexibility index (Phi) is 14.4. The molecule has 2 nitrogen and oxygen atoms in total. The van der Waals surface area contributed by atoms with Crippen molar-refractivity contribution in [1.29, 1.82) is 0 Å². The van der Waals surface area contributed by atoms with Crippen molar-refractivity contribution in [1.82, 2.24) is 0 Å². The highest BCUT2D eigenvalue weighted by Gasteiger charge is 1.99. The van der Waals surface area contributed by atoms with E-state index in [0.29, 0.717) is 6.61 Å². The van der Waals surface area contributed by atoms with Crippen molar-refractivity contribution in [3.63, 3.8) is 0 Å². The van der Waals surface area contributed by atoms with Crippen molar-refractivity contribution in [3.05, 3.63) is 0 Å². The Morgan fingerprint density at radius 1 is 0.882 bits per heavy atom. The van der Waals surface area contributed by atoms with Crippen molar-refractivity contribution in [3.8, 4) is 0 Å². The van der Waals surface area contributed by atoms with Crippen molar-refractivity contribution in [2.24, 2.45) is 0 Å². The minimum Gasteiger partial charge on any atom is -0.367 e. The van der Waals surface area contributed by atoms with Gasteiger partial charge in [0.15, 0.2) is 6.29 Å². The zero-order valence-electron chi connectivity index (χ0n) is 11.3. The van der Waals surface area contributed by atoms with E-state index in [2.05, 4.69) is 6.92 Å². The number of hydrogen-bond donors (Lipinski definition) is 1. The van der Waals surface area contributed by atoms with E-state index in [1.807, 2.05) is 0 Å². The van der Waals surface area contributed by atoms with Gasteiger partial charge in [-0.2, -0.15) is 0 Å². The van der Waals surface area contributed by atoms with Crippen LogP contribution < -0.4 is 0 Å². The van der Waals surface area contributed by atoms with Crippen LogP contribution in [0.15, 0.2) is 0 Å². The van der Waals surface area contributed by atoms with Crippen LogP contribution in [0, 0.1) is 0 Å². The summed E-state index contributed by atoms with van der Waals surface area (Å²) in [6, 6.07) is 0. The molecule has 1 N–H and O–H groups in total. The van der Waals surface area contributed by atoms with E-state index in [-0.39, 0.29) is 5.88 Å². The SMILES string of the molecule is CCCCCCCCCCCCOC(O)CCl. The molecule has 1 atom stereocenters. The van der Waals surface area contributed by atoms with Crippen LogP contribution in [-0.4, -0.2) is 23.9 Å². The fraction of sp³-hybridized carbons (Fsp3) is 1.00. The van der Waals surface area contributed by atoms with E-state index in [4.69, 9.17) is 21.4 Å². The molecule has 0 radical (unpaired) electrons. The quantitative estimate of drug-likeness (QED) is 0.302. The maximum Gasteiger partial charge on any atom is 0.168 e. The van der Waals surface area contributed by atoms with Crippen molar-refractivity contribution in [2.45, 2.75) is 77.4 Å². The second-order valence-corrected chi connectivity index (χ2v) is 4.97. The minimum absolute atomic E-state index is 0.164. The lowest BCUT2D eigenvalue weighted by atomic mass is 10.1. The number of hydrogen-bond acceptors (Lipinski definition) is 2. The average Bonchev–Trinajstić information content (AvgIpc) is 2.35. The molecule has 1 unspecified atom stereocenters. The first-order valence-corrected chi connectivity index (χ1v) is 7.70. The van der Waals surface area contributed by atoms with Crippen LogP contribution in [0.25, 0.3) is 0 Å². The molecule has 0 aromatic rings. The highest BCUT2D eigenvalue weighted by atomic mass is 35.5.